The van der Waals surface area contributed by atoms with Crippen LogP contribution in [0.3, 0.4) is 0 Å². The minimum absolute atomic E-state index is 0.0762. The first-order valence-corrected chi connectivity index (χ1v) is 2.58. The molecule has 0 amide bonds. The van der Waals surface area contributed by atoms with Crippen molar-refractivity contribution in [3.8, 4) is 0 Å². The van der Waals surface area contributed by atoms with Crippen LogP contribution in [0.2, 0.25) is 10.0 Å². The Morgan fingerprint density at radius 3 is 3.00 bits per heavy atom. The first kappa shape index (κ1) is 3.04. The van der Waals surface area contributed by atoms with Gasteiger partial charge in [0.15, 0.2) is 0 Å². The fourth-order valence-corrected chi connectivity index (χ4v) is 0.432. The Hall–Kier alpha value is -0.270. The van der Waals surface area contributed by atoms with E-state index >= 15 is 0 Å². The molecule has 0 aliphatic carbocycles. The van der Waals surface area contributed by atoms with Gasteiger partial charge in [0.2, 0.25) is 0 Å². The van der Waals surface area contributed by atoms with Gasteiger partial charge in [0.25, 0.3) is 0 Å². The summed E-state index contributed by atoms with van der Waals surface area (Å²) in [6.07, 6.45) is -0.595. The number of nitrogens with zero attached hydrogens (tertiary/aromatic N) is 1. The van der Waals surface area contributed by atoms with Crippen LogP contribution in [-0.2, 0) is 0 Å². The number of hydrogen-bond acceptors (Lipinski definition) is 1. The Labute approximate surface area is 61.5 Å². The second-order valence-electron chi connectivity index (χ2n) is 1.09. The van der Waals surface area contributed by atoms with E-state index in [9.17, 15) is 0 Å². The lowest BCUT2D eigenvalue weighted by molar-refractivity contribution is 1.33. The maximum Gasteiger partial charge on any atom is 0.0857 e. The molecule has 3 heteroatoms. The highest BCUT2D eigenvalue weighted by Gasteiger charge is 1.90. The summed E-state index contributed by atoms with van der Waals surface area (Å²) in [5.74, 6) is 0. The van der Waals surface area contributed by atoms with Crippen molar-refractivity contribution in [3.05, 3.63) is 28.4 Å². The summed E-state index contributed by atoms with van der Waals surface area (Å²) in [4.78, 5) is 3.36. The van der Waals surface area contributed by atoms with E-state index in [-0.39, 0.29) is 28.4 Å². The lowest BCUT2D eigenvalue weighted by Gasteiger charge is -1.87. The molecule has 0 aliphatic heterocycles. The van der Waals surface area contributed by atoms with E-state index in [1.807, 2.05) is 0 Å². The zero-order valence-electron chi connectivity index (χ0n) is 6.70. The molecule has 8 heavy (non-hydrogen) atoms. The lowest BCUT2D eigenvalue weighted by Crippen LogP contribution is -1.68. The van der Waals surface area contributed by atoms with E-state index in [0.29, 0.717) is 0 Å². The molecule has 0 fully saturated rings. The molecule has 1 aromatic heterocycles. The molecule has 1 nitrogen and oxygen atoms in total. The maximum absolute atomic E-state index is 7.13. The number of pyridine rings is 1. The molecule has 0 unspecified atom stereocenters. The summed E-state index contributed by atoms with van der Waals surface area (Å²) in [5, 5.41) is -0.163. The second kappa shape index (κ2) is 2.33. The smallest absolute Gasteiger partial charge is 0.0857 e. The van der Waals surface area contributed by atoms with Crippen LogP contribution in [0.15, 0.2) is 18.4 Å². The molecular weight excluding hydrogens is 145 g/mol. The summed E-state index contributed by atoms with van der Waals surface area (Å²) in [6.45, 7) is 0. The van der Waals surface area contributed by atoms with E-state index in [1.54, 1.807) is 0 Å². The molecule has 0 N–H and O–H groups in total. The average molecular weight is 151 g/mol. The van der Waals surface area contributed by atoms with Gasteiger partial charge >= 0.3 is 0 Å². The minimum atomic E-state index is -0.329. The molecule has 0 radical (unpaired) electrons. The third kappa shape index (κ3) is 1.11. The molecule has 0 bridgehead atoms. The molecule has 0 saturated heterocycles. The van der Waals surface area contributed by atoms with Crippen molar-refractivity contribution in [3.63, 3.8) is 0 Å². The Balaban J connectivity index is 3.46. The van der Waals surface area contributed by atoms with Gasteiger partial charge in [0.1, 0.15) is 0 Å². The van der Waals surface area contributed by atoms with Crippen LogP contribution in [-0.4, -0.2) is 4.98 Å². The van der Waals surface area contributed by atoms with E-state index in [4.69, 9.17) is 27.3 Å². The first-order valence-electron chi connectivity index (χ1n) is 3.33. The molecule has 1 aromatic rings. The third-order valence-corrected chi connectivity index (χ3v) is 1.22. The highest BCUT2D eigenvalue weighted by molar-refractivity contribution is 6.41. The molecule has 0 spiro atoms. The zero-order chi connectivity index (χ0) is 8.59. The first-order chi connectivity index (χ1) is 5.04. The van der Waals surface area contributed by atoms with Gasteiger partial charge in [0, 0.05) is 12.3 Å². The van der Waals surface area contributed by atoms with E-state index < -0.39 is 0 Å². The molecule has 1 heterocycles. The third-order valence-electron chi connectivity index (χ3n) is 0.568. The van der Waals surface area contributed by atoms with Crippen LogP contribution in [0.5, 0.6) is 0 Å². The van der Waals surface area contributed by atoms with Crippen molar-refractivity contribution in [2.45, 2.75) is 0 Å². The number of hydrogen-bond donors (Lipinski definition) is 0. The lowest BCUT2D eigenvalue weighted by atomic mass is 10.5. The maximum atomic E-state index is 7.13. The molecular formula is C5H3Cl2N. The van der Waals surface area contributed by atoms with Gasteiger partial charge in [-0.2, -0.15) is 0 Å². The number of aromatic nitrogens is 1. The summed E-state index contributed by atoms with van der Waals surface area (Å²) in [7, 11) is 0. The summed E-state index contributed by atoms with van der Waals surface area (Å²) >= 11 is 11.0. The topological polar surface area (TPSA) is 12.9 Å². The fourth-order valence-electron chi connectivity index (χ4n) is 0.258. The highest BCUT2D eigenvalue weighted by atomic mass is 35.5. The second-order valence-corrected chi connectivity index (χ2v) is 1.84. The van der Waals surface area contributed by atoms with Gasteiger partial charge in [-0.1, -0.05) is 23.2 Å². The van der Waals surface area contributed by atoms with Crippen LogP contribution in [0.4, 0.5) is 0 Å². The Morgan fingerprint density at radius 2 is 2.25 bits per heavy atom. The Bertz CT molecular complexity index is 276. The van der Waals surface area contributed by atoms with Crippen LogP contribution >= 0.6 is 23.2 Å². The average Bonchev–Trinajstić information content (AvgIpc) is 1.97. The molecule has 0 atom stereocenters. The molecule has 42 valence electrons. The highest BCUT2D eigenvalue weighted by Crippen LogP contribution is 2.17. The van der Waals surface area contributed by atoms with Crippen LogP contribution < -0.4 is 0 Å². The van der Waals surface area contributed by atoms with Gasteiger partial charge < -0.3 is 0 Å². The van der Waals surface area contributed by atoms with E-state index in [1.165, 1.54) is 0 Å². The molecule has 0 aromatic carbocycles. The van der Waals surface area contributed by atoms with Crippen molar-refractivity contribution in [2.75, 3.05) is 0 Å². The van der Waals surface area contributed by atoms with Gasteiger partial charge in [-0.3, -0.25) is 4.98 Å². The zero-order valence-corrected chi connectivity index (χ0v) is 5.22. The van der Waals surface area contributed by atoms with Gasteiger partial charge in [-0.25, -0.2) is 0 Å². The summed E-state index contributed by atoms with van der Waals surface area (Å²) in [6, 6.07) is -0.243. The van der Waals surface area contributed by atoms with Gasteiger partial charge in [-0.15, -0.1) is 0 Å². The summed E-state index contributed by atoms with van der Waals surface area (Å²) in [5.41, 5.74) is 0. The van der Waals surface area contributed by atoms with Crippen LogP contribution in [0, 0.1) is 0 Å². The van der Waals surface area contributed by atoms with Crippen LogP contribution in [0.25, 0.3) is 0 Å². The van der Waals surface area contributed by atoms with Crippen LogP contribution in [0.1, 0.15) is 4.11 Å². The van der Waals surface area contributed by atoms with Crippen molar-refractivity contribution in [2.24, 2.45) is 0 Å². The van der Waals surface area contributed by atoms with E-state index in [2.05, 4.69) is 4.98 Å². The van der Waals surface area contributed by atoms with Crippen molar-refractivity contribution in [1.29, 1.82) is 0 Å². The standard InChI is InChI=1S/C5H3Cl2N/c6-4-1-2-8-3-5(4)7/h1-3H/i1D,2D,3D. The normalized spacial score (nSPS) is 14.5. The van der Waals surface area contributed by atoms with E-state index in [0.717, 1.165) is 0 Å². The van der Waals surface area contributed by atoms with Crippen molar-refractivity contribution >= 4 is 23.2 Å². The van der Waals surface area contributed by atoms with Crippen molar-refractivity contribution < 1.29 is 4.11 Å². The molecule has 0 saturated carbocycles. The Morgan fingerprint density at radius 1 is 1.50 bits per heavy atom. The quantitative estimate of drug-likeness (QED) is 0.554. The predicted molar refractivity (Wildman–Crippen MR) is 34.3 cm³/mol. The minimum Gasteiger partial charge on any atom is -0.263 e. The van der Waals surface area contributed by atoms with Gasteiger partial charge in [-0.05, 0) is 6.04 Å². The number of rotatable bonds is 0. The largest absolute Gasteiger partial charge is 0.263 e. The predicted octanol–water partition coefficient (Wildman–Crippen LogP) is 2.39. The summed E-state index contributed by atoms with van der Waals surface area (Å²) < 4.78 is 21.2. The SMILES string of the molecule is [2H]c1nc([2H])c(Cl)c(Cl)c1[2H]. The van der Waals surface area contributed by atoms with Gasteiger partial charge in [0.05, 0.1) is 14.2 Å². The molecule has 0 aliphatic rings. The Kier molecular flexibility index (Phi) is 0.887. The number of halogens is 2. The molecule has 1 rings (SSSR count). The monoisotopic (exact) mass is 150 g/mol. The fraction of sp³-hybridized carbons (Fsp3) is 0. The van der Waals surface area contributed by atoms with Crippen molar-refractivity contribution in [1.82, 2.24) is 4.98 Å².